The summed E-state index contributed by atoms with van der Waals surface area (Å²) in [5, 5.41) is 19.7. The fourth-order valence-corrected chi connectivity index (χ4v) is 4.81. The van der Waals surface area contributed by atoms with Crippen LogP contribution in [0.15, 0.2) is 61.2 Å². The number of rotatable bonds is 20. The van der Waals surface area contributed by atoms with Crippen molar-refractivity contribution >= 4 is 7.32 Å². The fourth-order valence-electron chi connectivity index (χ4n) is 4.81. The van der Waals surface area contributed by atoms with E-state index >= 15 is 0 Å². The highest BCUT2D eigenvalue weighted by molar-refractivity contribution is 6.29. The molecule has 0 saturated heterocycles. The minimum absolute atomic E-state index is 1.18. The lowest BCUT2D eigenvalue weighted by molar-refractivity contribution is -0.697. The molecule has 47 heavy (non-hydrogen) atoms. The van der Waals surface area contributed by atoms with Crippen LogP contribution in [0.4, 0.5) is 22.0 Å². The molecular formula is C36H52BF5N2O3. The van der Waals surface area contributed by atoms with Crippen LogP contribution in [-0.2, 0) is 13.1 Å². The zero-order valence-electron chi connectivity index (χ0n) is 28.1. The molecule has 2 heterocycles. The summed E-state index contributed by atoms with van der Waals surface area (Å²) in [6, 6.07) is 12.6. The van der Waals surface area contributed by atoms with Gasteiger partial charge in [0.15, 0.2) is 30.5 Å². The Balaban J connectivity index is 0.000000353. The van der Waals surface area contributed by atoms with Gasteiger partial charge in [0.05, 0.1) is 0 Å². The van der Waals surface area contributed by atoms with Gasteiger partial charge in [0.1, 0.15) is 20.4 Å². The van der Waals surface area contributed by atoms with Crippen molar-refractivity contribution in [2.24, 2.45) is 0 Å². The molecule has 0 N–H and O–H groups in total. The number of benzene rings is 1. The van der Waals surface area contributed by atoms with Crippen LogP contribution in [0.3, 0.4) is 0 Å². The first kappa shape index (κ1) is 42.0. The van der Waals surface area contributed by atoms with Gasteiger partial charge in [-0.1, -0.05) is 103 Å². The molecule has 0 amide bonds. The van der Waals surface area contributed by atoms with Crippen molar-refractivity contribution in [3.8, 4) is 5.75 Å². The number of pyridine rings is 2. The Labute approximate surface area is 278 Å². The Morgan fingerprint density at radius 3 is 1.09 bits per heavy atom. The summed E-state index contributed by atoms with van der Waals surface area (Å²) < 4.78 is 70.4. The van der Waals surface area contributed by atoms with Crippen molar-refractivity contribution < 1.29 is 45.8 Å². The molecule has 0 bridgehead atoms. The summed E-state index contributed by atoms with van der Waals surface area (Å²) in [5.41, 5.74) is 0. The second-order valence-electron chi connectivity index (χ2n) is 11.5. The first-order valence-corrected chi connectivity index (χ1v) is 17.1. The van der Waals surface area contributed by atoms with Gasteiger partial charge in [0.2, 0.25) is 29.1 Å². The SMILES string of the molecule is CCCCCCCCCC[n+]1ccccc1.CCCCCCCCCC[n+]1ccccc1.[O-]B([O-])Oc1c(F)c(F)c(F)c(F)c1F. The van der Waals surface area contributed by atoms with Crippen molar-refractivity contribution in [3.63, 3.8) is 0 Å². The van der Waals surface area contributed by atoms with Crippen LogP contribution < -0.4 is 23.8 Å². The van der Waals surface area contributed by atoms with E-state index in [-0.39, 0.29) is 0 Å². The van der Waals surface area contributed by atoms with E-state index < -0.39 is 42.2 Å². The summed E-state index contributed by atoms with van der Waals surface area (Å²) in [7, 11) is -3.20. The van der Waals surface area contributed by atoms with Crippen LogP contribution in [0.25, 0.3) is 0 Å². The summed E-state index contributed by atoms with van der Waals surface area (Å²) in [6.45, 7) is 6.90. The van der Waals surface area contributed by atoms with Gasteiger partial charge in [-0.25, -0.2) is 22.3 Å². The molecule has 0 radical (unpaired) electrons. The van der Waals surface area contributed by atoms with E-state index in [0.29, 0.717) is 0 Å². The van der Waals surface area contributed by atoms with Crippen LogP contribution in [0, 0.1) is 29.1 Å². The lowest BCUT2D eigenvalue weighted by Crippen LogP contribution is -2.50. The first-order valence-electron chi connectivity index (χ1n) is 17.1. The number of halogens is 5. The Bertz CT molecular complexity index is 1110. The van der Waals surface area contributed by atoms with Gasteiger partial charge >= 0.3 is 0 Å². The van der Waals surface area contributed by atoms with Crippen molar-refractivity contribution in [1.29, 1.82) is 0 Å². The largest absolute Gasteiger partial charge is 0.860 e. The molecule has 0 aliphatic carbocycles. The maximum atomic E-state index is 12.6. The van der Waals surface area contributed by atoms with Crippen LogP contribution in [0.2, 0.25) is 0 Å². The van der Waals surface area contributed by atoms with E-state index in [1.165, 1.54) is 116 Å². The average Bonchev–Trinajstić information content (AvgIpc) is 3.09. The normalized spacial score (nSPS) is 10.5. The minimum Gasteiger partial charge on any atom is -0.860 e. The highest BCUT2D eigenvalue weighted by Gasteiger charge is 2.26. The lowest BCUT2D eigenvalue weighted by atomic mass is 10.1. The van der Waals surface area contributed by atoms with E-state index in [9.17, 15) is 32.0 Å². The first-order chi connectivity index (χ1) is 22.7. The zero-order valence-corrected chi connectivity index (χ0v) is 28.1. The third kappa shape index (κ3) is 19.4. The van der Waals surface area contributed by atoms with Crippen LogP contribution in [-0.4, -0.2) is 7.32 Å². The third-order valence-corrected chi connectivity index (χ3v) is 7.48. The highest BCUT2D eigenvalue weighted by atomic mass is 19.2. The zero-order chi connectivity index (χ0) is 34.7. The van der Waals surface area contributed by atoms with E-state index in [1.807, 2.05) is 0 Å². The standard InChI is InChI=1S/2C15H26N.C6BF5O3/c2*1-2-3-4-5-6-7-8-10-13-16-14-11-9-12-15-16;8-1-2(9)4(11)6(15-7(13)14)5(12)3(1)10/h2*9,11-12,14-15H,2-8,10,13H2,1H3;/q2*+1;-2. The number of nitrogens with zero attached hydrogens (tertiary/aromatic N) is 2. The topological polar surface area (TPSA) is 63.1 Å². The molecule has 1 aromatic carbocycles. The quantitative estimate of drug-likeness (QED) is 0.0310. The smallest absolute Gasteiger partial charge is 0.205 e. The monoisotopic (exact) mass is 666 g/mol. The van der Waals surface area contributed by atoms with E-state index in [0.717, 1.165) is 0 Å². The molecule has 5 nitrogen and oxygen atoms in total. The molecule has 0 saturated carbocycles. The molecule has 2 aromatic heterocycles. The third-order valence-electron chi connectivity index (χ3n) is 7.48. The van der Waals surface area contributed by atoms with Gasteiger partial charge < -0.3 is 14.7 Å². The Hall–Kier alpha value is -3.05. The molecule has 262 valence electrons. The second-order valence-corrected chi connectivity index (χ2v) is 11.5. The Kier molecular flexibility index (Phi) is 24.1. The molecule has 0 aliphatic heterocycles. The predicted octanol–water partition coefficient (Wildman–Crippen LogP) is 7.70. The number of aryl methyl sites for hydroxylation is 2. The van der Waals surface area contributed by atoms with Gasteiger partial charge in [0.25, 0.3) is 0 Å². The maximum absolute atomic E-state index is 12.6. The van der Waals surface area contributed by atoms with E-state index in [1.54, 1.807) is 0 Å². The molecule has 0 fully saturated rings. The number of aromatic nitrogens is 2. The maximum Gasteiger partial charge on any atom is 0.205 e. The van der Waals surface area contributed by atoms with Gasteiger partial charge in [-0.15, -0.1) is 0 Å². The number of unbranched alkanes of at least 4 members (excludes halogenated alkanes) is 14. The summed E-state index contributed by atoms with van der Waals surface area (Å²) in [6.07, 6.45) is 31.0. The lowest BCUT2D eigenvalue weighted by Gasteiger charge is -2.27. The molecule has 0 spiro atoms. The average molecular weight is 667 g/mol. The van der Waals surface area contributed by atoms with Crippen molar-refractivity contribution in [1.82, 2.24) is 0 Å². The Morgan fingerprint density at radius 1 is 0.468 bits per heavy atom. The van der Waals surface area contributed by atoms with Crippen LogP contribution >= 0.6 is 0 Å². The van der Waals surface area contributed by atoms with Crippen molar-refractivity contribution in [2.45, 2.75) is 130 Å². The van der Waals surface area contributed by atoms with Crippen molar-refractivity contribution in [2.75, 3.05) is 0 Å². The molecule has 3 rings (SSSR count). The van der Waals surface area contributed by atoms with Gasteiger partial charge in [-0.3, -0.25) is 0 Å². The van der Waals surface area contributed by atoms with Crippen LogP contribution in [0.5, 0.6) is 5.75 Å². The highest BCUT2D eigenvalue weighted by Crippen LogP contribution is 2.28. The molecule has 0 aliphatic rings. The molecule has 3 aromatic rings. The van der Waals surface area contributed by atoms with E-state index in [2.05, 4.69) is 88.8 Å². The molecular weight excluding hydrogens is 614 g/mol. The second kappa shape index (κ2) is 27.0. The summed E-state index contributed by atoms with van der Waals surface area (Å²) in [4.78, 5) is 0. The molecule has 11 heteroatoms. The van der Waals surface area contributed by atoms with E-state index in [4.69, 9.17) is 0 Å². The number of hydrogen-bond acceptors (Lipinski definition) is 3. The summed E-state index contributed by atoms with van der Waals surface area (Å²) in [5.74, 6) is -13.6. The van der Waals surface area contributed by atoms with Gasteiger partial charge in [0, 0.05) is 37.1 Å². The number of hydrogen-bond donors (Lipinski definition) is 0. The fraction of sp³-hybridized carbons (Fsp3) is 0.556. The minimum atomic E-state index is -3.20. The molecule has 0 unspecified atom stereocenters. The molecule has 0 atom stereocenters. The predicted molar refractivity (Wildman–Crippen MR) is 171 cm³/mol. The summed E-state index contributed by atoms with van der Waals surface area (Å²) >= 11 is 0. The van der Waals surface area contributed by atoms with Crippen LogP contribution in [0.1, 0.15) is 117 Å². The Morgan fingerprint density at radius 2 is 0.766 bits per heavy atom. The van der Waals surface area contributed by atoms with Gasteiger partial charge in [-0.05, 0) is 12.8 Å². The van der Waals surface area contributed by atoms with Gasteiger partial charge in [-0.2, -0.15) is 8.78 Å². The van der Waals surface area contributed by atoms with Crippen molar-refractivity contribution in [3.05, 3.63) is 90.3 Å².